The molecule has 0 atom stereocenters. The van der Waals surface area contributed by atoms with Gasteiger partial charge in [-0.05, 0) is 43.2 Å². The van der Waals surface area contributed by atoms with Crippen LogP contribution in [0.15, 0.2) is 30.3 Å². The molecule has 0 radical (unpaired) electrons. The lowest BCUT2D eigenvalue weighted by atomic mass is 10.1. The molecule has 3 rings (SSSR count). The quantitative estimate of drug-likeness (QED) is 0.747. The van der Waals surface area contributed by atoms with Crippen molar-refractivity contribution in [3.05, 3.63) is 41.5 Å². The zero-order valence-corrected chi connectivity index (χ0v) is 11.7. The van der Waals surface area contributed by atoms with E-state index in [4.69, 9.17) is 4.74 Å². The summed E-state index contributed by atoms with van der Waals surface area (Å²) in [4.78, 5) is 7.84. The van der Waals surface area contributed by atoms with Gasteiger partial charge in [-0.1, -0.05) is 6.07 Å². The van der Waals surface area contributed by atoms with Crippen molar-refractivity contribution >= 4 is 11.0 Å². The Morgan fingerprint density at radius 3 is 2.65 bits per heavy atom. The lowest BCUT2D eigenvalue weighted by molar-refractivity contribution is 0.408. The van der Waals surface area contributed by atoms with Crippen LogP contribution in [0.5, 0.6) is 11.5 Å². The van der Waals surface area contributed by atoms with E-state index in [-0.39, 0.29) is 5.75 Å². The van der Waals surface area contributed by atoms with E-state index in [1.807, 2.05) is 6.92 Å². The largest absolute Gasteiger partial charge is 0.507 e. The summed E-state index contributed by atoms with van der Waals surface area (Å²) in [6.07, 6.45) is 0. The van der Waals surface area contributed by atoms with Crippen LogP contribution in [0.1, 0.15) is 11.1 Å². The number of hydrogen-bond acceptors (Lipinski definition) is 3. The van der Waals surface area contributed by atoms with Gasteiger partial charge in [-0.15, -0.1) is 0 Å². The highest BCUT2D eigenvalue weighted by molar-refractivity contribution is 5.84. The van der Waals surface area contributed by atoms with E-state index in [9.17, 15) is 5.11 Å². The Bertz CT molecular complexity index is 791. The molecule has 0 aliphatic rings. The second kappa shape index (κ2) is 4.56. The Labute approximate surface area is 117 Å². The van der Waals surface area contributed by atoms with E-state index in [2.05, 4.69) is 29.0 Å². The van der Waals surface area contributed by atoms with Crippen molar-refractivity contribution in [3.63, 3.8) is 0 Å². The third kappa shape index (κ3) is 1.99. The van der Waals surface area contributed by atoms with Crippen molar-refractivity contribution in [1.29, 1.82) is 0 Å². The van der Waals surface area contributed by atoms with Crippen LogP contribution in [0.3, 0.4) is 0 Å². The molecule has 0 saturated carbocycles. The number of imidazole rings is 1. The number of fused-ring (bicyclic) bond motifs is 1. The van der Waals surface area contributed by atoms with E-state index >= 15 is 0 Å². The van der Waals surface area contributed by atoms with E-state index < -0.39 is 0 Å². The summed E-state index contributed by atoms with van der Waals surface area (Å²) in [5.74, 6) is 1.43. The molecule has 0 amide bonds. The maximum Gasteiger partial charge on any atom is 0.142 e. The van der Waals surface area contributed by atoms with Gasteiger partial charge in [0.15, 0.2) is 0 Å². The molecule has 2 N–H and O–H groups in total. The molecule has 1 aromatic heterocycles. The number of nitrogens with zero attached hydrogens (tertiary/aromatic N) is 1. The van der Waals surface area contributed by atoms with Crippen LogP contribution in [0, 0.1) is 13.8 Å². The number of benzene rings is 2. The van der Waals surface area contributed by atoms with Gasteiger partial charge in [-0.2, -0.15) is 0 Å². The molecule has 0 unspecified atom stereocenters. The number of phenolic OH excluding ortho intramolecular Hbond substituents is 1. The van der Waals surface area contributed by atoms with Gasteiger partial charge in [0, 0.05) is 6.07 Å². The second-order valence-electron chi connectivity index (χ2n) is 4.95. The Morgan fingerprint density at radius 2 is 1.95 bits per heavy atom. The average Bonchev–Trinajstić information content (AvgIpc) is 2.82. The monoisotopic (exact) mass is 268 g/mol. The third-order valence-corrected chi connectivity index (χ3v) is 3.38. The molecule has 4 nitrogen and oxygen atoms in total. The number of ether oxygens (including phenoxy) is 1. The number of methoxy groups -OCH3 is 1. The molecule has 0 aliphatic heterocycles. The Balaban J connectivity index is 2.17. The summed E-state index contributed by atoms with van der Waals surface area (Å²) >= 11 is 0. The van der Waals surface area contributed by atoms with Gasteiger partial charge in [-0.3, -0.25) is 0 Å². The first-order valence-corrected chi connectivity index (χ1v) is 6.43. The summed E-state index contributed by atoms with van der Waals surface area (Å²) < 4.78 is 5.09. The van der Waals surface area contributed by atoms with Gasteiger partial charge in [0.1, 0.15) is 17.3 Å². The number of aryl methyl sites for hydroxylation is 2. The number of nitrogens with one attached hydrogen (secondary N) is 1. The van der Waals surface area contributed by atoms with Crippen LogP contribution in [-0.2, 0) is 0 Å². The van der Waals surface area contributed by atoms with Gasteiger partial charge < -0.3 is 14.8 Å². The predicted molar refractivity (Wildman–Crippen MR) is 79.2 cm³/mol. The fourth-order valence-electron chi connectivity index (χ4n) is 2.44. The molecule has 20 heavy (non-hydrogen) atoms. The zero-order chi connectivity index (χ0) is 14.3. The number of phenols is 1. The Morgan fingerprint density at radius 1 is 1.15 bits per heavy atom. The molecule has 0 bridgehead atoms. The predicted octanol–water partition coefficient (Wildman–Crippen LogP) is 3.56. The van der Waals surface area contributed by atoms with Crippen LogP contribution in [-0.4, -0.2) is 22.2 Å². The van der Waals surface area contributed by atoms with Gasteiger partial charge in [0.25, 0.3) is 0 Å². The highest BCUT2D eigenvalue weighted by Crippen LogP contribution is 2.32. The van der Waals surface area contributed by atoms with Crippen molar-refractivity contribution in [2.24, 2.45) is 0 Å². The summed E-state index contributed by atoms with van der Waals surface area (Å²) in [6, 6.07) is 9.34. The summed E-state index contributed by atoms with van der Waals surface area (Å²) in [5.41, 5.74) is 4.88. The minimum Gasteiger partial charge on any atom is -0.507 e. The first kappa shape index (κ1) is 12.5. The smallest absolute Gasteiger partial charge is 0.142 e. The van der Waals surface area contributed by atoms with Crippen molar-refractivity contribution in [1.82, 2.24) is 9.97 Å². The summed E-state index contributed by atoms with van der Waals surface area (Å²) in [7, 11) is 1.57. The number of aromatic hydroxyl groups is 1. The fraction of sp³-hybridized carbons (Fsp3) is 0.188. The first-order chi connectivity index (χ1) is 9.58. The molecular weight excluding hydrogens is 252 g/mol. The van der Waals surface area contributed by atoms with E-state index in [1.54, 1.807) is 25.3 Å². The lowest BCUT2D eigenvalue weighted by Crippen LogP contribution is -1.85. The topological polar surface area (TPSA) is 58.1 Å². The number of hydrogen-bond donors (Lipinski definition) is 2. The van der Waals surface area contributed by atoms with Gasteiger partial charge in [-0.25, -0.2) is 4.98 Å². The molecule has 0 fully saturated rings. The molecule has 102 valence electrons. The normalized spacial score (nSPS) is 10.9. The summed E-state index contributed by atoms with van der Waals surface area (Å²) in [5, 5.41) is 10.1. The van der Waals surface area contributed by atoms with Gasteiger partial charge >= 0.3 is 0 Å². The maximum atomic E-state index is 10.1. The Hall–Kier alpha value is -2.49. The summed E-state index contributed by atoms with van der Waals surface area (Å²) in [6.45, 7) is 4.09. The van der Waals surface area contributed by atoms with E-state index in [0.717, 1.165) is 16.6 Å². The standard InChI is InChI=1S/C16H16N2O2/c1-9-6-10(2)15-13(7-9)17-16(18-15)12-5-4-11(20-3)8-14(12)19/h4-8,19H,1-3H3,(H,17,18). The Kier molecular flexibility index (Phi) is 2.86. The highest BCUT2D eigenvalue weighted by Gasteiger charge is 2.12. The SMILES string of the molecule is COc1ccc(-c2nc3c(C)cc(C)cc3[nH]2)c(O)c1. The molecule has 1 heterocycles. The van der Waals surface area contributed by atoms with Crippen LogP contribution in [0.4, 0.5) is 0 Å². The van der Waals surface area contributed by atoms with E-state index in [1.165, 1.54) is 5.56 Å². The van der Waals surface area contributed by atoms with Crippen molar-refractivity contribution in [2.45, 2.75) is 13.8 Å². The molecular formula is C16H16N2O2. The number of aromatic amines is 1. The molecule has 4 heteroatoms. The van der Waals surface area contributed by atoms with Gasteiger partial charge in [0.05, 0.1) is 23.7 Å². The third-order valence-electron chi connectivity index (χ3n) is 3.38. The zero-order valence-electron chi connectivity index (χ0n) is 11.7. The highest BCUT2D eigenvalue weighted by atomic mass is 16.5. The van der Waals surface area contributed by atoms with Gasteiger partial charge in [0.2, 0.25) is 0 Å². The minimum absolute atomic E-state index is 0.151. The number of rotatable bonds is 2. The minimum atomic E-state index is 0.151. The molecule has 0 saturated heterocycles. The molecule has 2 aromatic carbocycles. The molecule has 0 aliphatic carbocycles. The molecule has 0 spiro atoms. The first-order valence-electron chi connectivity index (χ1n) is 6.43. The van der Waals surface area contributed by atoms with Crippen LogP contribution in [0.25, 0.3) is 22.4 Å². The lowest BCUT2D eigenvalue weighted by Gasteiger charge is -2.04. The van der Waals surface area contributed by atoms with Crippen molar-refractivity contribution in [3.8, 4) is 22.9 Å². The molecule has 3 aromatic rings. The van der Waals surface area contributed by atoms with Crippen LogP contribution in [0.2, 0.25) is 0 Å². The van der Waals surface area contributed by atoms with Crippen molar-refractivity contribution < 1.29 is 9.84 Å². The van der Waals surface area contributed by atoms with Crippen LogP contribution < -0.4 is 4.74 Å². The van der Waals surface area contributed by atoms with E-state index in [0.29, 0.717) is 17.1 Å². The van der Waals surface area contributed by atoms with Crippen molar-refractivity contribution in [2.75, 3.05) is 7.11 Å². The number of H-pyrrole nitrogens is 1. The number of aromatic nitrogens is 2. The second-order valence-corrected chi connectivity index (χ2v) is 4.95. The van der Waals surface area contributed by atoms with Crippen LogP contribution >= 0.6 is 0 Å². The fourth-order valence-corrected chi connectivity index (χ4v) is 2.44. The average molecular weight is 268 g/mol. The maximum absolute atomic E-state index is 10.1.